The average Bonchev–Trinajstić information content (AvgIpc) is 2.68. The van der Waals surface area contributed by atoms with Gasteiger partial charge in [0.2, 0.25) is 5.95 Å². The fourth-order valence-electron chi connectivity index (χ4n) is 0.979. The van der Waals surface area contributed by atoms with Crippen molar-refractivity contribution in [1.82, 2.24) is 15.2 Å². The van der Waals surface area contributed by atoms with Gasteiger partial charge >= 0.3 is 0 Å². The Morgan fingerprint density at radius 2 is 2.06 bits per heavy atom. The van der Waals surface area contributed by atoms with Crippen LogP contribution in [0.3, 0.4) is 0 Å². The van der Waals surface area contributed by atoms with E-state index in [9.17, 15) is 0 Å². The normalized spacial score (nSPS) is 9.82. The zero-order chi connectivity index (χ0) is 12.9. The van der Waals surface area contributed by atoms with Crippen LogP contribution in [0, 0.1) is 0 Å². The Bertz CT molecular complexity index is 246. The van der Waals surface area contributed by atoms with E-state index >= 15 is 0 Å². The van der Waals surface area contributed by atoms with E-state index in [1.54, 1.807) is 0 Å². The molecule has 0 aromatic carbocycles. The SMILES string of the molecule is CCCCCSCCCCl.Nc1n[nH]c(S)n1. The first kappa shape index (κ1) is 16.9. The summed E-state index contributed by atoms with van der Waals surface area (Å²) >= 11 is 11.4. The Morgan fingerprint density at radius 3 is 2.47 bits per heavy atom. The van der Waals surface area contributed by atoms with Crippen molar-refractivity contribution in [3.05, 3.63) is 0 Å². The van der Waals surface area contributed by atoms with Gasteiger partial charge in [-0.05, 0) is 24.3 Å². The van der Waals surface area contributed by atoms with Gasteiger partial charge in [-0.2, -0.15) is 16.7 Å². The number of nitrogens with one attached hydrogen (secondary N) is 1. The summed E-state index contributed by atoms with van der Waals surface area (Å²) in [7, 11) is 0. The Balaban J connectivity index is 0.000000318. The molecule has 0 unspecified atom stereocenters. The largest absolute Gasteiger partial charge is 0.366 e. The van der Waals surface area contributed by atoms with Crippen LogP contribution in [-0.4, -0.2) is 32.6 Å². The van der Waals surface area contributed by atoms with E-state index in [1.807, 2.05) is 11.8 Å². The second-order valence-electron chi connectivity index (χ2n) is 3.38. The lowest BCUT2D eigenvalue weighted by molar-refractivity contribution is 0.778. The summed E-state index contributed by atoms with van der Waals surface area (Å²) in [6.45, 7) is 2.24. The number of aromatic amines is 1. The molecule has 0 spiro atoms. The lowest BCUT2D eigenvalue weighted by Crippen LogP contribution is -1.84. The number of rotatable bonds is 7. The zero-order valence-electron chi connectivity index (χ0n) is 10.2. The minimum atomic E-state index is 0.227. The van der Waals surface area contributed by atoms with Crippen molar-refractivity contribution in [3.8, 4) is 0 Å². The van der Waals surface area contributed by atoms with Crippen LogP contribution < -0.4 is 5.73 Å². The zero-order valence-corrected chi connectivity index (χ0v) is 12.6. The molecule has 1 aromatic rings. The number of nitrogen functional groups attached to an aromatic ring is 1. The number of nitrogens with two attached hydrogens (primary N) is 1. The van der Waals surface area contributed by atoms with E-state index in [4.69, 9.17) is 17.3 Å². The van der Waals surface area contributed by atoms with E-state index in [0.29, 0.717) is 5.16 Å². The summed E-state index contributed by atoms with van der Waals surface area (Å²) in [5.74, 6) is 3.61. The van der Waals surface area contributed by atoms with Gasteiger partial charge in [-0.15, -0.1) is 29.3 Å². The number of nitrogens with zero attached hydrogens (tertiary/aromatic N) is 2. The highest BCUT2D eigenvalue weighted by molar-refractivity contribution is 7.99. The van der Waals surface area contributed by atoms with Crippen molar-refractivity contribution in [2.45, 2.75) is 37.8 Å². The summed E-state index contributed by atoms with van der Waals surface area (Å²) in [6.07, 6.45) is 5.26. The van der Waals surface area contributed by atoms with Gasteiger partial charge in [-0.1, -0.05) is 19.8 Å². The van der Waals surface area contributed by atoms with E-state index in [0.717, 1.165) is 5.88 Å². The molecule has 0 amide bonds. The molecule has 0 saturated carbocycles. The molecule has 3 N–H and O–H groups in total. The molecular formula is C10H21ClN4S2. The molecule has 4 nitrogen and oxygen atoms in total. The maximum atomic E-state index is 5.53. The van der Waals surface area contributed by atoms with Crippen LogP contribution in [0.4, 0.5) is 5.95 Å². The number of anilines is 1. The van der Waals surface area contributed by atoms with Crippen LogP contribution >= 0.6 is 36.0 Å². The first-order valence-electron chi connectivity index (χ1n) is 5.71. The van der Waals surface area contributed by atoms with Gasteiger partial charge in [0.05, 0.1) is 0 Å². The molecule has 0 saturated heterocycles. The van der Waals surface area contributed by atoms with Crippen molar-refractivity contribution in [2.75, 3.05) is 23.1 Å². The summed E-state index contributed by atoms with van der Waals surface area (Å²) < 4.78 is 0. The number of halogens is 1. The third-order valence-corrected chi connectivity index (χ3v) is 3.43. The standard InChI is InChI=1S/C8H17ClS.C2H4N4S/c1-2-3-4-7-10-8-5-6-9;3-1-4-2(7)6-5-1/h2-8H2,1H3;(H4,3,4,5,6,7). The lowest BCUT2D eigenvalue weighted by Gasteiger charge is -1.97. The molecule has 1 heterocycles. The molecule has 0 bridgehead atoms. The van der Waals surface area contributed by atoms with Crippen LogP contribution in [0.25, 0.3) is 0 Å². The minimum absolute atomic E-state index is 0.227. The number of alkyl halides is 1. The predicted molar refractivity (Wildman–Crippen MR) is 80.2 cm³/mol. The van der Waals surface area contributed by atoms with Gasteiger partial charge in [0.1, 0.15) is 0 Å². The molecular weight excluding hydrogens is 276 g/mol. The molecule has 17 heavy (non-hydrogen) atoms. The smallest absolute Gasteiger partial charge is 0.240 e. The van der Waals surface area contributed by atoms with E-state index in [-0.39, 0.29) is 5.95 Å². The fraction of sp³-hybridized carbons (Fsp3) is 0.800. The van der Waals surface area contributed by atoms with Crippen LogP contribution in [0.5, 0.6) is 0 Å². The van der Waals surface area contributed by atoms with E-state index in [1.165, 1.54) is 37.2 Å². The molecule has 7 heteroatoms. The molecule has 0 aliphatic heterocycles. The van der Waals surface area contributed by atoms with Crippen LogP contribution in [0.15, 0.2) is 5.16 Å². The maximum Gasteiger partial charge on any atom is 0.240 e. The number of thiol groups is 1. The molecule has 1 rings (SSSR count). The Labute approximate surface area is 118 Å². The molecule has 0 radical (unpaired) electrons. The van der Waals surface area contributed by atoms with Gasteiger partial charge in [-0.25, -0.2) is 0 Å². The van der Waals surface area contributed by atoms with Crippen molar-refractivity contribution < 1.29 is 0 Å². The minimum Gasteiger partial charge on any atom is -0.366 e. The van der Waals surface area contributed by atoms with Crippen LogP contribution in [0.1, 0.15) is 32.6 Å². The highest BCUT2D eigenvalue weighted by Gasteiger charge is 1.88. The maximum absolute atomic E-state index is 5.53. The monoisotopic (exact) mass is 296 g/mol. The molecule has 0 fully saturated rings. The predicted octanol–water partition coefficient (Wildman–Crippen LogP) is 3.21. The topological polar surface area (TPSA) is 67.6 Å². The first-order valence-corrected chi connectivity index (χ1v) is 7.84. The number of thioether (sulfide) groups is 1. The van der Waals surface area contributed by atoms with Crippen molar-refractivity contribution in [2.24, 2.45) is 0 Å². The molecule has 100 valence electrons. The second-order valence-corrected chi connectivity index (χ2v) is 5.41. The van der Waals surface area contributed by atoms with Gasteiger partial charge in [-0.3, -0.25) is 5.10 Å². The number of unbranched alkanes of at least 4 members (excludes halogenated alkanes) is 2. The van der Waals surface area contributed by atoms with Crippen molar-refractivity contribution >= 4 is 41.9 Å². The van der Waals surface area contributed by atoms with Crippen LogP contribution in [0.2, 0.25) is 0 Å². The number of H-pyrrole nitrogens is 1. The Hall–Kier alpha value is -0.0700. The van der Waals surface area contributed by atoms with E-state index < -0.39 is 0 Å². The highest BCUT2D eigenvalue weighted by atomic mass is 35.5. The third kappa shape index (κ3) is 12.2. The lowest BCUT2D eigenvalue weighted by atomic mass is 10.3. The quantitative estimate of drug-likeness (QED) is 0.410. The summed E-state index contributed by atoms with van der Waals surface area (Å²) in [4.78, 5) is 3.59. The summed E-state index contributed by atoms with van der Waals surface area (Å²) in [5.41, 5.74) is 5.08. The summed E-state index contributed by atoms with van der Waals surface area (Å²) in [6, 6.07) is 0. The number of aromatic nitrogens is 3. The highest BCUT2D eigenvalue weighted by Crippen LogP contribution is 2.07. The van der Waals surface area contributed by atoms with Gasteiger partial charge < -0.3 is 5.73 Å². The third-order valence-electron chi connectivity index (χ3n) is 1.81. The second kappa shape index (κ2) is 12.4. The Kier molecular flexibility index (Phi) is 12.3. The van der Waals surface area contributed by atoms with Crippen molar-refractivity contribution in [1.29, 1.82) is 0 Å². The fourth-order valence-corrected chi connectivity index (χ4v) is 2.38. The van der Waals surface area contributed by atoms with Crippen LogP contribution in [-0.2, 0) is 0 Å². The van der Waals surface area contributed by atoms with E-state index in [2.05, 4.69) is 34.7 Å². The molecule has 0 aliphatic carbocycles. The van der Waals surface area contributed by atoms with Crippen molar-refractivity contribution in [3.63, 3.8) is 0 Å². The van der Waals surface area contributed by atoms with Gasteiger partial charge in [0.15, 0.2) is 5.16 Å². The first-order chi connectivity index (χ1) is 8.20. The number of hydrogen-bond acceptors (Lipinski definition) is 5. The summed E-state index contributed by atoms with van der Waals surface area (Å²) in [5, 5.41) is 6.37. The number of hydrogen-bond donors (Lipinski definition) is 3. The molecule has 1 aromatic heterocycles. The Morgan fingerprint density at radius 1 is 1.35 bits per heavy atom. The molecule has 0 atom stereocenters. The molecule has 0 aliphatic rings. The van der Waals surface area contributed by atoms with Gasteiger partial charge in [0.25, 0.3) is 0 Å². The van der Waals surface area contributed by atoms with Gasteiger partial charge in [0, 0.05) is 5.88 Å². The average molecular weight is 297 g/mol.